The van der Waals surface area contributed by atoms with E-state index in [9.17, 15) is 9.18 Å². The quantitative estimate of drug-likeness (QED) is 0.754. The number of carbonyl (C=O) groups is 1. The van der Waals surface area contributed by atoms with Gasteiger partial charge in [0.05, 0.1) is 0 Å². The molecule has 0 aliphatic heterocycles. The van der Waals surface area contributed by atoms with Gasteiger partial charge in [0.25, 0.3) is 0 Å². The van der Waals surface area contributed by atoms with Crippen LogP contribution in [0, 0.1) is 18.2 Å². The highest BCUT2D eigenvalue weighted by molar-refractivity contribution is 5.73. The highest BCUT2D eigenvalue weighted by Crippen LogP contribution is 2.20. The maximum Gasteiger partial charge on any atom is 0.320 e. The molecule has 0 fully saturated rings. The van der Waals surface area contributed by atoms with Gasteiger partial charge in [0, 0.05) is 5.92 Å². The molecule has 16 heavy (non-hydrogen) atoms. The molecule has 3 N–H and O–H groups in total. The van der Waals surface area contributed by atoms with Gasteiger partial charge in [0.2, 0.25) is 0 Å². The first-order valence-electron chi connectivity index (χ1n) is 4.74. The number of benzene rings is 1. The normalized spacial score (nSPS) is 13.8. The van der Waals surface area contributed by atoms with Gasteiger partial charge in [-0.05, 0) is 24.1 Å². The fourth-order valence-electron chi connectivity index (χ4n) is 1.35. The van der Waals surface area contributed by atoms with Crippen molar-refractivity contribution in [1.29, 1.82) is 0 Å². The molecule has 0 aromatic heterocycles. The van der Waals surface area contributed by atoms with E-state index >= 15 is 0 Å². The molecular weight excluding hydrogens is 209 g/mol. The minimum Gasteiger partial charge on any atom is -0.480 e. The van der Waals surface area contributed by atoms with Crippen LogP contribution in [0.15, 0.2) is 24.3 Å². The first-order valence-corrected chi connectivity index (χ1v) is 4.74. The molecule has 0 saturated heterocycles. The van der Waals surface area contributed by atoms with Crippen LogP contribution in [0.25, 0.3) is 0 Å². The second-order valence-electron chi connectivity index (χ2n) is 3.45. The number of terminal acetylenes is 1. The van der Waals surface area contributed by atoms with Crippen molar-refractivity contribution >= 4 is 5.97 Å². The molecule has 4 heteroatoms. The highest BCUT2D eigenvalue weighted by Gasteiger charge is 2.18. The minimum atomic E-state index is -1.10. The molecule has 0 bridgehead atoms. The van der Waals surface area contributed by atoms with E-state index in [4.69, 9.17) is 17.3 Å². The Bertz CT molecular complexity index is 408. The molecule has 1 rings (SSSR count). The molecule has 0 radical (unpaired) electrons. The Balaban J connectivity index is 2.80. The summed E-state index contributed by atoms with van der Waals surface area (Å²) in [5.74, 6) is 0.593. The molecule has 0 aliphatic rings. The van der Waals surface area contributed by atoms with Gasteiger partial charge in [-0.1, -0.05) is 18.1 Å². The van der Waals surface area contributed by atoms with Gasteiger partial charge in [-0.25, -0.2) is 4.39 Å². The number of halogens is 1. The monoisotopic (exact) mass is 221 g/mol. The van der Waals surface area contributed by atoms with Crippen LogP contribution in [-0.4, -0.2) is 17.1 Å². The molecule has 84 valence electrons. The molecule has 0 amide bonds. The van der Waals surface area contributed by atoms with Crippen molar-refractivity contribution in [2.24, 2.45) is 5.73 Å². The van der Waals surface area contributed by atoms with E-state index in [2.05, 4.69) is 5.92 Å². The maximum atomic E-state index is 12.7. The summed E-state index contributed by atoms with van der Waals surface area (Å²) in [6.45, 7) is 0. The van der Waals surface area contributed by atoms with Crippen molar-refractivity contribution in [1.82, 2.24) is 0 Å². The fourth-order valence-corrected chi connectivity index (χ4v) is 1.35. The molecule has 0 saturated carbocycles. The third kappa shape index (κ3) is 3.07. The maximum absolute atomic E-state index is 12.7. The van der Waals surface area contributed by atoms with Crippen molar-refractivity contribution < 1.29 is 14.3 Å². The Morgan fingerprint density at radius 3 is 2.50 bits per heavy atom. The van der Waals surface area contributed by atoms with E-state index in [-0.39, 0.29) is 12.2 Å². The Kier molecular flexibility index (Phi) is 4.03. The van der Waals surface area contributed by atoms with Crippen LogP contribution >= 0.6 is 0 Å². The number of carboxylic acid groups (broad SMARTS) is 1. The Labute approximate surface area is 93.1 Å². The van der Waals surface area contributed by atoms with Crippen LogP contribution in [-0.2, 0) is 4.79 Å². The zero-order valence-corrected chi connectivity index (χ0v) is 8.56. The average Bonchev–Trinajstić information content (AvgIpc) is 2.26. The molecular formula is C12H12FNO2. The Hall–Kier alpha value is -1.86. The lowest BCUT2D eigenvalue weighted by molar-refractivity contribution is -0.138. The number of hydrogen-bond acceptors (Lipinski definition) is 2. The van der Waals surface area contributed by atoms with E-state index < -0.39 is 17.9 Å². The van der Waals surface area contributed by atoms with Gasteiger partial charge in [-0.2, -0.15) is 0 Å². The Morgan fingerprint density at radius 1 is 1.50 bits per heavy atom. The van der Waals surface area contributed by atoms with Crippen molar-refractivity contribution in [3.63, 3.8) is 0 Å². The zero-order valence-electron chi connectivity index (χ0n) is 8.56. The lowest BCUT2D eigenvalue weighted by atomic mass is 9.93. The lowest BCUT2D eigenvalue weighted by Crippen LogP contribution is -2.31. The smallest absolute Gasteiger partial charge is 0.320 e. The van der Waals surface area contributed by atoms with Gasteiger partial charge in [-0.3, -0.25) is 4.79 Å². The van der Waals surface area contributed by atoms with Crippen LogP contribution in [0.2, 0.25) is 0 Å². The number of rotatable bonds is 4. The summed E-state index contributed by atoms with van der Waals surface area (Å²) >= 11 is 0. The molecule has 0 spiro atoms. The standard InChI is InChI=1S/C12H12FNO2/c1-2-8(7-11(14)12(15)16)9-3-5-10(13)6-4-9/h1,3-6,8,11H,7,14H2,(H,15,16)/t8-,11-/m0/s1. The van der Waals surface area contributed by atoms with Gasteiger partial charge >= 0.3 is 5.97 Å². The molecule has 0 heterocycles. The SMILES string of the molecule is C#C[C@@H](C[C@H](N)C(=O)O)c1ccc(F)cc1. The minimum absolute atomic E-state index is 0.136. The van der Waals surface area contributed by atoms with E-state index in [1.165, 1.54) is 24.3 Å². The summed E-state index contributed by atoms with van der Waals surface area (Å²) in [6, 6.07) is 4.63. The molecule has 0 unspecified atom stereocenters. The highest BCUT2D eigenvalue weighted by atomic mass is 19.1. The van der Waals surface area contributed by atoms with E-state index in [1.807, 2.05) is 0 Å². The van der Waals surface area contributed by atoms with Crippen molar-refractivity contribution in [3.8, 4) is 12.3 Å². The number of hydrogen-bond donors (Lipinski definition) is 2. The first-order chi connectivity index (χ1) is 7.54. The summed E-state index contributed by atoms with van der Waals surface area (Å²) in [7, 11) is 0. The summed E-state index contributed by atoms with van der Waals surface area (Å²) < 4.78 is 12.7. The van der Waals surface area contributed by atoms with E-state index in [0.717, 1.165) is 0 Å². The van der Waals surface area contributed by atoms with Crippen LogP contribution in [0.5, 0.6) is 0 Å². The summed E-state index contributed by atoms with van der Waals surface area (Å²) in [6.07, 6.45) is 5.44. The second-order valence-corrected chi connectivity index (χ2v) is 3.45. The molecule has 1 aromatic rings. The number of nitrogens with two attached hydrogens (primary N) is 1. The van der Waals surface area contributed by atoms with E-state index in [0.29, 0.717) is 5.56 Å². The van der Waals surface area contributed by atoms with Crippen LogP contribution in [0.3, 0.4) is 0 Å². The summed E-state index contributed by atoms with van der Waals surface area (Å²) in [5, 5.41) is 8.66. The van der Waals surface area contributed by atoms with Crippen LogP contribution in [0.4, 0.5) is 4.39 Å². The van der Waals surface area contributed by atoms with Gasteiger partial charge in [0.1, 0.15) is 11.9 Å². The summed E-state index contributed by atoms with van der Waals surface area (Å²) in [5.41, 5.74) is 6.09. The molecule has 1 aromatic carbocycles. The first kappa shape index (κ1) is 12.2. The third-order valence-corrected chi connectivity index (χ3v) is 2.28. The predicted molar refractivity (Wildman–Crippen MR) is 58.2 cm³/mol. The predicted octanol–water partition coefficient (Wildman–Crippen LogP) is 1.34. The van der Waals surface area contributed by atoms with Crippen molar-refractivity contribution in [2.75, 3.05) is 0 Å². The Morgan fingerprint density at radius 2 is 2.06 bits per heavy atom. The zero-order chi connectivity index (χ0) is 12.1. The molecule has 3 nitrogen and oxygen atoms in total. The fraction of sp³-hybridized carbons (Fsp3) is 0.250. The topological polar surface area (TPSA) is 63.3 Å². The van der Waals surface area contributed by atoms with E-state index in [1.54, 1.807) is 0 Å². The largest absolute Gasteiger partial charge is 0.480 e. The molecule has 0 aliphatic carbocycles. The van der Waals surface area contributed by atoms with Crippen LogP contribution in [0.1, 0.15) is 17.9 Å². The number of aliphatic carboxylic acids is 1. The lowest BCUT2D eigenvalue weighted by Gasteiger charge is -2.13. The van der Waals surface area contributed by atoms with Gasteiger partial charge in [-0.15, -0.1) is 6.42 Å². The van der Waals surface area contributed by atoms with Crippen molar-refractivity contribution in [3.05, 3.63) is 35.6 Å². The van der Waals surface area contributed by atoms with Crippen molar-refractivity contribution in [2.45, 2.75) is 18.4 Å². The number of carboxylic acids is 1. The summed E-state index contributed by atoms with van der Waals surface area (Å²) in [4.78, 5) is 10.6. The van der Waals surface area contributed by atoms with Crippen LogP contribution < -0.4 is 5.73 Å². The second kappa shape index (κ2) is 5.29. The van der Waals surface area contributed by atoms with Gasteiger partial charge < -0.3 is 10.8 Å². The average molecular weight is 221 g/mol. The van der Waals surface area contributed by atoms with Gasteiger partial charge in [0.15, 0.2) is 0 Å². The third-order valence-electron chi connectivity index (χ3n) is 2.28. The molecule has 2 atom stereocenters.